The highest BCUT2D eigenvalue weighted by Gasteiger charge is 2.15. The van der Waals surface area contributed by atoms with Crippen LogP contribution in [0.1, 0.15) is 22.8 Å². The summed E-state index contributed by atoms with van der Waals surface area (Å²) in [5.41, 5.74) is 1.84. The van der Waals surface area contributed by atoms with E-state index >= 15 is 0 Å². The van der Waals surface area contributed by atoms with Gasteiger partial charge < -0.3 is 9.88 Å². The molecule has 0 saturated heterocycles. The van der Waals surface area contributed by atoms with Crippen LogP contribution in [-0.4, -0.2) is 10.5 Å². The fraction of sp³-hybridized carbons (Fsp3) is 0.158. The summed E-state index contributed by atoms with van der Waals surface area (Å²) in [6.45, 7) is 2.05. The minimum Gasteiger partial charge on any atom is -0.350 e. The first kappa shape index (κ1) is 15.9. The van der Waals surface area contributed by atoms with E-state index in [0.717, 1.165) is 18.1 Å². The Hall–Kier alpha value is -2.95. The number of nitrogens with zero attached hydrogens (tertiary/aromatic N) is 1. The Bertz CT molecular complexity index is 975. The first-order chi connectivity index (χ1) is 11.5. The maximum absolute atomic E-state index is 13.5. The topological polar surface area (TPSA) is 51.1 Å². The number of benzene rings is 2. The Morgan fingerprint density at radius 1 is 1.17 bits per heavy atom. The molecule has 0 aliphatic heterocycles. The largest absolute Gasteiger partial charge is 0.350 e. The number of fused-ring (bicyclic) bond motifs is 1. The van der Waals surface area contributed by atoms with Crippen LogP contribution in [0.15, 0.2) is 53.5 Å². The molecule has 0 bridgehead atoms. The number of nitrogens with one attached hydrogen (secondary N) is 1. The number of aryl methyl sites for hydroxylation is 2. The van der Waals surface area contributed by atoms with Crippen LogP contribution in [0.4, 0.5) is 10.1 Å². The van der Waals surface area contributed by atoms with E-state index in [1.165, 1.54) is 18.3 Å². The van der Waals surface area contributed by atoms with Crippen LogP contribution in [0.2, 0.25) is 0 Å². The molecule has 0 atom stereocenters. The second-order valence-corrected chi connectivity index (χ2v) is 5.65. The molecule has 0 aliphatic carbocycles. The van der Waals surface area contributed by atoms with Gasteiger partial charge in [-0.15, -0.1) is 0 Å². The summed E-state index contributed by atoms with van der Waals surface area (Å²) in [5.74, 6) is -1.02. The van der Waals surface area contributed by atoms with E-state index in [4.69, 9.17) is 0 Å². The van der Waals surface area contributed by atoms with Crippen molar-refractivity contribution in [2.75, 3.05) is 5.32 Å². The van der Waals surface area contributed by atoms with Crippen molar-refractivity contribution in [2.24, 2.45) is 7.05 Å². The van der Waals surface area contributed by atoms with Gasteiger partial charge in [0.2, 0.25) is 5.43 Å². The van der Waals surface area contributed by atoms with Crippen molar-refractivity contribution in [3.8, 4) is 0 Å². The Morgan fingerprint density at radius 2 is 1.88 bits per heavy atom. The van der Waals surface area contributed by atoms with E-state index in [1.54, 1.807) is 23.7 Å². The van der Waals surface area contributed by atoms with Gasteiger partial charge in [-0.2, -0.15) is 0 Å². The number of anilines is 1. The van der Waals surface area contributed by atoms with Gasteiger partial charge >= 0.3 is 0 Å². The molecule has 4 nitrogen and oxygen atoms in total. The number of amides is 1. The quantitative estimate of drug-likeness (QED) is 0.802. The van der Waals surface area contributed by atoms with E-state index in [0.29, 0.717) is 11.2 Å². The third kappa shape index (κ3) is 2.93. The predicted octanol–water partition coefficient (Wildman–Crippen LogP) is 3.49. The molecule has 3 rings (SSSR count). The van der Waals surface area contributed by atoms with Crippen molar-refractivity contribution in [1.29, 1.82) is 0 Å². The van der Waals surface area contributed by atoms with Crippen molar-refractivity contribution in [3.05, 3.63) is 75.8 Å². The maximum Gasteiger partial charge on any atom is 0.261 e. The van der Waals surface area contributed by atoms with Crippen LogP contribution in [0, 0.1) is 5.82 Å². The standard InChI is InChI=1S/C19H17FN2O2/c1-3-12-4-7-14(8-5-12)21-19(24)16-11-22(2)17-9-6-13(20)10-15(17)18(16)23/h4-11H,3H2,1-2H3,(H,21,24). The third-order valence-corrected chi connectivity index (χ3v) is 4.02. The van der Waals surface area contributed by atoms with Crippen LogP contribution < -0.4 is 10.7 Å². The number of pyridine rings is 1. The lowest BCUT2D eigenvalue weighted by Crippen LogP contribution is -2.23. The summed E-state index contributed by atoms with van der Waals surface area (Å²) in [4.78, 5) is 25.0. The number of carbonyl (C=O) groups is 1. The first-order valence-corrected chi connectivity index (χ1v) is 7.68. The van der Waals surface area contributed by atoms with Gasteiger partial charge in [-0.1, -0.05) is 19.1 Å². The van der Waals surface area contributed by atoms with Gasteiger partial charge in [-0.25, -0.2) is 4.39 Å². The second-order valence-electron chi connectivity index (χ2n) is 5.65. The van der Waals surface area contributed by atoms with Crippen molar-refractivity contribution in [2.45, 2.75) is 13.3 Å². The Kier molecular flexibility index (Phi) is 4.16. The molecule has 1 heterocycles. The molecule has 1 aromatic heterocycles. The molecule has 5 heteroatoms. The zero-order valence-corrected chi connectivity index (χ0v) is 13.5. The van der Waals surface area contributed by atoms with Crippen molar-refractivity contribution in [3.63, 3.8) is 0 Å². The highest BCUT2D eigenvalue weighted by atomic mass is 19.1. The molecule has 0 aliphatic rings. The number of halogens is 1. The Morgan fingerprint density at radius 3 is 2.54 bits per heavy atom. The van der Waals surface area contributed by atoms with Crippen LogP contribution in [0.25, 0.3) is 10.9 Å². The third-order valence-electron chi connectivity index (χ3n) is 4.02. The molecule has 1 amide bonds. The number of carbonyl (C=O) groups excluding carboxylic acids is 1. The van der Waals surface area contributed by atoms with E-state index in [1.807, 2.05) is 19.1 Å². The van der Waals surface area contributed by atoms with Crippen molar-refractivity contribution < 1.29 is 9.18 Å². The second kappa shape index (κ2) is 6.28. The Balaban J connectivity index is 2.00. The van der Waals surface area contributed by atoms with Gasteiger partial charge in [0.25, 0.3) is 5.91 Å². The van der Waals surface area contributed by atoms with Gasteiger partial charge in [0.1, 0.15) is 11.4 Å². The van der Waals surface area contributed by atoms with E-state index in [2.05, 4.69) is 5.32 Å². The summed E-state index contributed by atoms with van der Waals surface area (Å²) < 4.78 is 15.1. The molecular formula is C19H17FN2O2. The molecule has 122 valence electrons. The summed E-state index contributed by atoms with van der Waals surface area (Å²) >= 11 is 0. The van der Waals surface area contributed by atoms with Crippen LogP contribution >= 0.6 is 0 Å². The highest BCUT2D eigenvalue weighted by molar-refractivity contribution is 6.05. The summed E-state index contributed by atoms with van der Waals surface area (Å²) in [6.07, 6.45) is 2.38. The van der Waals surface area contributed by atoms with Gasteiger partial charge in [0, 0.05) is 24.3 Å². The average Bonchev–Trinajstić information content (AvgIpc) is 2.58. The van der Waals surface area contributed by atoms with Crippen LogP contribution in [0.3, 0.4) is 0 Å². The molecule has 0 radical (unpaired) electrons. The molecular weight excluding hydrogens is 307 g/mol. The first-order valence-electron chi connectivity index (χ1n) is 7.68. The van der Waals surface area contributed by atoms with E-state index < -0.39 is 17.2 Å². The molecule has 0 saturated carbocycles. The SMILES string of the molecule is CCc1ccc(NC(=O)c2cn(C)c3ccc(F)cc3c2=O)cc1. The number of hydrogen-bond acceptors (Lipinski definition) is 2. The number of hydrogen-bond donors (Lipinski definition) is 1. The molecule has 0 fully saturated rings. The summed E-state index contributed by atoms with van der Waals surface area (Å²) in [7, 11) is 1.71. The summed E-state index contributed by atoms with van der Waals surface area (Å²) in [5, 5.41) is 2.90. The Labute approximate surface area is 138 Å². The minimum atomic E-state index is -0.508. The summed E-state index contributed by atoms with van der Waals surface area (Å²) in [6, 6.07) is 11.4. The average molecular weight is 324 g/mol. The lowest BCUT2D eigenvalue weighted by molar-refractivity contribution is 0.102. The number of aromatic nitrogens is 1. The highest BCUT2D eigenvalue weighted by Crippen LogP contribution is 2.15. The fourth-order valence-corrected chi connectivity index (χ4v) is 2.65. The van der Waals surface area contributed by atoms with E-state index in [9.17, 15) is 14.0 Å². The van der Waals surface area contributed by atoms with Crippen LogP contribution in [0.5, 0.6) is 0 Å². The van der Waals surface area contributed by atoms with Gasteiger partial charge in [0.05, 0.1) is 5.52 Å². The van der Waals surface area contributed by atoms with Crippen molar-refractivity contribution in [1.82, 2.24) is 4.57 Å². The van der Waals surface area contributed by atoms with Gasteiger partial charge in [-0.3, -0.25) is 9.59 Å². The zero-order chi connectivity index (χ0) is 17.3. The predicted molar refractivity (Wildman–Crippen MR) is 92.9 cm³/mol. The minimum absolute atomic E-state index is 0.0184. The van der Waals surface area contributed by atoms with Crippen LogP contribution in [-0.2, 0) is 13.5 Å². The smallest absolute Gasteiger partial charge is 0.261 e. The molecule has 3 aromatic rings. The normalized spacial score (nSPS) is 10.8. The lowest BCUT2D eigenvalue weighted by Gasteiger charge is -2.10. The molecule has 1 N–H and O–H groups in total. The molecule has 0 spiro atoms. The fourth-order valence-electron chi connectivity index (χ4n) is 2.65. The lowest BCUT2D eigenvalue weighted by atomic mass is 10.1. The van der Waals surface area contributed by atoms with Gasteiger partial charge in [-0.05, 0) is 42.3 Å². The zero-order valence-electron chi connectivity index (χ0n) is 13.5. The molecule has 2 aromatic carbocycles. The van der Waals surface area contributed by atoms with E-state index in [-0.39, 0.29) is 10.9 Å². The number of rotatable bonds is 3. The monoisotopic (exact) mass is 324 g/mol. The molecule has 0 unspecified atom stereocenters. The molecule has 24 heavy (non-hydrogen) atoms. The maximum atomic E-state index is 13.5. The van der Waals surface area contributed by atoms with Crippen molar-refractivity contribution >= 4 is 22.5 Å². The van der Waals surface area contributed by atoms with Gasteiger partial charge in [0.15, 0.2) is 0 Å².